The van der Waals surface area contributed by atoms with Crippen molar-refractivity contribution >= 4 is 28.1 Å². The quantitative estimate of drug-likeness (QED) is 0.219. The van der Waals surface area contributed by atoms with Crippen molar-refractivity contribution in [2.45, 2.75) is 0 Å². The van der Waals surface area contributed by atoms with E-state index >= 15 is 0 Å². The molecule has 68 valence electrons. The van der Waals surface area contributed by atoms with Crippen LogP contribution in [0.3, 0.4) is 0 Å². The second-order valence-electron chi connectivity index (χ2n) is 0.961. The summed E-state index contributed by atoms with van der Waals surface area (Å²) in [6.07, 6.45) is 0. The molecule has 7 nitrogen and oxygen atoms in total. The molecule has 0 aromatic rings. The van der Waals surface area contributed by atoms with Crippen LogP contribution in [0, 0.1) is 0 Å². The number of hydrogen-bond acceptors (Lipinski definition) is 3. The molecule has 0 rings (SSSR count). The predicted octanol–water partition coefficient (Wildman–Crippen LogP) is -7.02. The van der Waals surface area contributed by atoms with Gasteiger partial charge in [-0.15, -0.1) is 0 Å². The van der Waals surface area contributed by atoms with Crippen LogP contribution in [0.5, 0.6) is 0 Å². The Hall–Kier alpha value is 3.67. The van der Waals surface area contributed by atoms with Gasteiger partial charge in [-0.05, 0) is 0 Å². The monoisotopic (exact) mass is 292 g/mol. The van der Waals surface area contributed by atoms with Crippen LogP contribution in [0.25, 0.3) is 0 Å². The summed E-state index contributed by atoms with van der Waals surface area (Å²) in [6.45, 7) is 0. The van der Waals surface area contributed by atoms with Crippen LogP contribution in [0.2, 0.25) is 0 Å². The first-order valence-electron chi connectivity index (χ1n) is 1.48. The summed E-state index contributed by atoms with van der Waals surface area (Å²) in [5, 5.41) is 0. The third kappa shape index (κ3) is 163. The molecule has 0 spiro atoms. The van der Waals surface area contributed by atoms with Gasteiger partial charge in [-0.1, -0.05) is 0 Å². The molecule has 5 N–H and O–H groups in total. The minimum Gasteiger partial charge on any atom is -1.00 e. The first kappa shape index (κ1) is 24.8. The molecule has 0 aliphatic heterocycles. The van der Waals surface area contributed by atoms with Crippen molar-refractivity contribution in [3.05, 3.63) is 0 Å². The third-order valence-electron chi connectivity index (χ3n) is 0. The van der Waals surface area contributed by atoms with E-state index in [2.05, 4.69) is 11.2 Å². The first-order chi connectivity index (χ1) is 4.00. The van der Waals surface area contributed by atoms with Gasteiger partial charge in [-0.25, -0.2) is 4.57 Å². The topological polar surface area (TPSA) is 135 Å². The van der Waals surface area contributed by atoms with Crippen LogP contribution in [-0.4, -0.2) is 28.0 Å². The molecule has 0 fully saturated rings. The van der Waals surface area contributed by atoms with Gasteiger partial charge in [0.05, 0.1) is 0 Å². The van der Waals surface area contributed by atoms with Crippen LogP contribution in [0.1, 0.15) is 2.85 Å². The molecule has 0 aromatic heterocycles. The van der Waals surface area contributed by atoms with Crippen molar-refractivity contribution in [3.8, 4) is 0 Å². The fourth-order valence-electron chi connectivity index (χ4n) is 0. The molecule has 0 saturated carbocycles. The van der Waals surface area contributed by atoms with E-state index in [9.17, 15) is 0 Å². The summed E-state index contributed by atoms with van der Waals surface area (Å²) in [5.41, 5.74) is 0. The summed E-state index contributed by atoms with van der Waals surface area (Å²) in [7, 11) is -8.47. The van der Waals surface area contributed by atoms with Crippen molar-refractivity contribution in [2.24, 2.45) is 0 Å². The maximum Gasteiger partial charge on any atom is 1.00 e. The van der Waals surface area contributed by atoms with Crippen molar-refractivity contribution in [2.75, 3.05) is 0 Å². The fourth-order valence-corrected chi connectivity index (χ4v) is 0. The molecular formula is H7K2O7PS2. The molecule has 0 aliphatic rings. The Morgan fingerprint density at radius 3 is 1.17 bits per heavy atom. The van der Waals surface area contributed by atoms with E-state index in [1.165, 1.54) is 0 Å². The van der Waals surface area contributed by atoms with Gasteiger partial charge in [0.2, 0.25) is 0 Å². The second kappa shape index (κ2) is 11.2. The summed E-state index contributed by atoms with van der Waals surface area (Å²) in [5.74, 6) is 0. The van der Waals surface area contributed by atoms with E-state index < -0.39 is 16.9 Å². The molecule has 0 saturated heterocycles. The van der Waals surface area contributed by atoms with E-state index in [0.717, 1.165) is 0 Å². The van der Waals surface area contributed by atoms with Gasteiger partial charge in [0.15, 0.2) is 0 Å². The smallest absolute Gasteiger partial charge is 1.00 e. The van der Waals surface area contributed by atoms with E-state index in [-0.39, 0.29) is 106 Å². The van der Waals surface area contributed by atoms with E-state index in [1.54, 1.807) is 0 Å². The van der Waals surface area contributed by atoms with Crippen molar-refractivity contribution < 1.29 is 138 Å². The minimum atomic E-state index is -4.64. The maximum atomic E-state index is 9.11. The Morgan fingerprint density at radius 2 is 1.17 bits per heavy atom. The molecule has 0 unspecified atom stereocenters. The molecular weight excluding hydrogens is 285 g/mol. The Morgan fingerprint density at radius 1 is 1.17 bits per heavy atom. The van der Waals surface area contributed by atoms with Crippen LogP contribution in [0.4, 0.5) is 0 Å². The molecule has 0 radical (unpaired) electrons. The average molecular weight is 292 g/mol. The Labute approximate surface area is 162 Å². The van der Waals surface area contributed by atoms with E-state index in [0.29, 0.717) is 0 Å². The van der Waals surface area contributed by atoms with Crippen molar-refractivity contribution in [3.63, 3.8) is 0 Å². The standard InChI is InChI=1S/2K.H3O4P.H2O3S2.2H/c;;2*1-5(2,3)4;;/h;;(H3,1,2,3,4);(H2,1,2,3,4);;/q2*+1;;;2*-1. The number of phosphoric acid groups is 1. The Bertz CT molecular complexity index is 206. The SMILES string of the molecule is O=P(O)(O)O.O=S(O)(O)=S.[H-].[H-].[K+].[K+]. The van der Waals surface area contributed by atoms with Gasteiger partial charge in [0, 0.05) is 11.2 Å². The van der Waals surface area contributed by atoms with Crippen LogP contribution < -0.4 is 103 Å². The molecule has 12 heteroatoms. The van der Waals surface area contributed by atoms with Gasteiger partial charge in [0.25, 0.3) is 9.05 Å². The largest absolute Gasteiger partial charge is 1.00 e. The fraction of sp³-hybridized carbons (Fsp3) is 0. The Balaban J connectivity index is -0.0000000178. The zero-order valence-corrected chi connectivity index (χ0v) is 15.1. The number of rotatable bonds is 0. The summed E-state index contributed by atoms with van der Waals surface area (Å²) in [6, 6.07) is 0. The third-order valence-corrected chi connectivity index (χ3v) is 0. The normalized spacial score (nSPS) is 9.75. The molecule has 12 heavy (non-hydrogen) atoms. The van der Waals surface area contributed by atoms with E-state index in [1.807, 2.05) is 0 Å². The van der Waals surface area contributed by atoms with Crippen molar-refractivity contribution in [1.82, 2.24) is 0 Å². The van der Waals surface area contributed by atoms with Crippen LogP contribution in [0.15, 0.2) is 0 Å². The molecule has 0 bridgehead atoms. The maximum absolute atomic E-state index is 9.11. The van der Waals surface area contributed by atoms with Gasteiger partial charge in [0.1, 0.15) is 0 Å². The second-order valence-corrected chi connectivity index (χ2v) is 4.19. The van der Waals surface area contributed by atoms with Gasteiger partial charge in [-0.3, -0.25) is 9.11 Å². The first-order valence-corrected chi connectivity index (χ1v) is 5.44. The molecule has 0 amide bonds. The van der Waals surface area contributed by atoms with Crippen LogP contribution >= 0.6 is 7.82 Å². The summed E-state index contributed by atoms with van der Waals surface area (Å²) < 4.78 is 32.8. The molecule has 0 aromatic carbocycles. The van der Waals surface area contributed by atoms with Gasteiger partial charge >= 0.3 is 111 Å². The Kier molecular flexibility index (Phi) is 23.0. The van der Waals surface area contributed by atoms with Gasteiger partial charge < -0.3 is 17.5 Å². The minimum absolute atomic E-state index is 0. The zero-order valence-electron chi connectivity index (χ0n) is 8.32. The predicted molar refractivity (Wildman–Crippen MR) is 37.3 cm³/mol. The summed E-state index contributed by atoms with van der Waals surface area (Å²) in [4.78, 5) is 21.6. The zero-order chi connectivity index (χ0) is 9.00. The molecule has 0 heterocycles. The molecule has 0 aliphatic carbocycles. The van der Waals surface area contributed by atoms with E-state index in [4.69, 9.17) is 32.6 Å². The average Bonchev–Trinajstić information content (AvgIpc) is 1.12. The van der Waals surface area contributed by atoms with Crippen molar-refractivity contribution in [1.29, 1.82) is 0 Å². The summed E-state index contributed by atoms with van der Waals surface area (Å²) >= 11 is 3.47. The van der Waals surface area contributed by atoms with Gasteiger partial charge in [-0.2, -0.15) is 4.21 Å². The molecule has 0 atom stereocenters. The van der Waals surface area contributed by atoms with Crippen LogP contribution in [-0.2, 0) is 24.8 Å². The number of hydrogen-bond donors (Lipinski definition) is 5.